The summed E-state index contributed by atoms with van der Waals surface area (Å²) in [5.41, 5.74) is 2.27. The standard InChI is InChI=1S/C13H18N2O4S/c1-3-14-11(2)15(9-6-10-19-20(16,17)18)13-8-5-4-7-12(13)14/h4-5,7-8H,3,6,9-10H2,1-2H3/p+1. The molecule has 7 heteroatoms. The van der Waals surface area contributed by atoms with E-state index >= 15 is 0 Å². The molecule has 2 aromatic rings. The van der Waals surface area contributed by atoms with Gasteiger partial charge in [-0.15, -0.1) is 0 Å². The molecule has 0 saturated carbocycles. The Morgan fingerprint density at radius 3 is 2.70 bits per heavy atom. The van der Waals surface area contributed by atoms with E-state index in [0.29, 0.717) is 13.0 Å². The normalized spacial score (nSPS) is 12.2. The molecule has 2 rings (SSSR count). The molecule has 1 aromatic carbocycles. The third kappa shape index (κ3) is 3.17. The SMILES string of the molecule is CCn1c(C)[n+](CCCOS(=O)(=O)O)c2ccccc21. The number of nitrogens with zero attached hydrogens (tertiary/aromatic N) is 2. The third-order valence-corrected chi connectivity index (χ3v) is 3.78. The van der Waals surface area contributed by atoms with Gasteiger partial charge >= 0.3 is 10.4 Å². The highest BCUT2D eigenvalue weighted by Crippen LogP contribution is 2.14. The highest BCUT2D eigenvalue weighted by molar-refractivity contribution is 7.80. The summed E-state index contributed by atoms with van der Waals surface area (Å²) in [4.78, 5) is 0. The fourth-order valence-electron chi connectivity index (χ4n) is 2.48. The highest BCUT2D eigenvalue weighted by atomic mass is 32.3. The van der Waals surface area contributed by atoms with Gasteiger partial charge in [0.25, 0.3) is 5.82 Å². The van der Waals surface area contributed by atoms with Crippen molar-refractivity contribution in [3.05, 3.63) is 30.1 Å². The summed E-state index contributed by atoms with van der Waals surface area (Å²) in [6.45, 7) is 5.60. The molecule has 0 aliphatic rings. The zero-order valence-corrected chi connectivity index (χ0v) is 12.4. The monoisotopic (exact) mass is 299 g/mol. The molecule has 0 atom stereocenters. The van der Waals surface area contributed by atoms with Crippen LogP contribution in [-0.2, 0) is 27.7 Å². The topological polar surface area (TPSA) is 72.4 Å². The number of hydrogen-bond acceptors (Lipinski definition) is 3. The molecule has 0 fully saturated rings. The number of imidazole rings is 1. The van der Waals surface area contributed by atoms with Crippen molar-refractivity contribution in [3.8, 4) is 0 Å². The predicted molar refractivity (Wildman–Crippen MR) is 74.7 cm³/mol. The first kappa shape index (κ1) is 15.0. The minimum atomic E-state index is -4.35. The van der Waals surface area contributed by atoms with E-state index in [-0.39, 0.29) is 6.61 Å². The van der Waals surface area contributed by atoms with Crippen molar-refractivity contribution in [1.82, 2.24) is 4.57 Å². The van der Waals surface area contributed by atoms with Gasteiger partial charge in [-0.05, 0) is 19.1 Å². The van der Waals surface area contributed by atoms with E-state index in [2.05, 4.69) is 26.3 Å². The Morgan fingerprint density at radius 1 is 1.35 bits per heavy atom. The molecule has 0 radical (unpaired) electrons. The molecule has 110 valence electrons. The lowest BCUT2D eigenvalue weighted by Crippen LogP contribution is -2.37. The molecule has 0 amide bonds. The van der Waals surface area contributed by atoms with Gasteiger partial charge in [-0.2, -0.15) is 8.42 Å². The summed E-state index contributed by atoms with van der Waals surface area (Å²) in [6, 6.07) is 8.09. The van der Waals surface area contributed by atoms with Crippen LogP contribution >= 0.6 is 0 Å². The van der Waals surface area contributed by atoms with Crippen LogP contribution in [0.3, 0.4) is 0 Å². The average Bonchev–Trinajstić information content (AvgIpc) is 2.65. The largest absolute Gasteiger partial charge is 0.397 e. The molecule has 0 spiro atoms. The first-order chi connectivity index (χ1) is 9.44. The van der Waals surface area contributed by atoms with E-state index in [4.69, 9.17) is 4.55 Å². The van der Waals surface area contributed by atoms with E-state index < -0.39 is 10.4 Å². The van der Waals surface area contributed by atoms with Crippen LogP contribution in [0.2, 0.25) is 0 Å². The van der Waals surface area contributed by atoms with Crippen molar-refractivity contribution in [2.75, 3.05) is 6.61 Å². The van der Waals surface area contributed by atoms with E-state index in [9.17, 15) is 8.42 Å². The third-order valence-electron chi connectivity index (χ3n) is 3.32. The molecule has 6 nitrogen and oxygen atoms in total. The predicted octanol–water partition coefficient (Wildman–Crippen LogP) is 1.47. The number of para-hydroxylation sites is 2. The first-order valence-electron chi connectivity index (χ1n) is 6.53. The minimum Gasteiger partial charge on any atom is -0.264 e. The maximum atomic E-state index is 10.5. The summed E-state index contributed by atoms with van der Waals surface area (Å²) in [5.74, 6) is 1.11. The molecular weight excluding hydrogens is 280 g/mol. The second-order valence-corrected chi connectivity index (χ2v) is 5.63. The van der Waals surface area contributed by atoms with Crippen LogP contribution in [-0.4, -0.2) is 24.1 Å². The summed E-state index contributed by atoms with van der Waals surface area (Å²) in [7, 11) is -4.35. The van der Waals surface area contributed by atoms with Gasteiger partial charge in [-0.25, -0.2) is 13.3 Å². The van der Waals surface area contributed by atoms with Gasteiger partial charge in [0.05, 0.1) is 19.7 Å². The number of rotatable bonds is 6. The lowest BCUT2D eigenvalue weighted by Gasteiger charge is -2.01. The number of aromatic nitrogens is 2. The van der Waals surface area contributed by atoms with Gasteiger partial charge in [-0.1, -0.05) is 12.1 Å². The van der Waals surface area contributed by atoms with E-state index in [1.165, 1.54) is 0 Å². The fourth-order valence-corrected chi connectivity index (χ4v) is 2.81. The van der Waals surface area contributed by atoms with Gasteiger partial charge in [-0.3, -0.25) is 4.55 Å². The molecule has 0 unspecified atom stereocenters. The van der Waals surface area contributed by atoms with E-state index in [0.717, 1.165) is 23.4 Å². The Morgan fingerprint density at radius 2 is 2.05 bits per heavy atom. The quantitative estimate of drug-likeness (QED) is 0.498. The van der Waals surface area contributed by atoms with Crippen molar-refractivity contribution in [1.29, 1.82) is 0 Å². The maximum Gasteiger partial charge on any atom is 0.397 e. The highest BCUT2D eigenvalue weighted by Gasteiger charge is 2.19. The van der Waals surface area contributed by atoms with Gasteiger partial charge in [0.2, 0.25) is 0 Å². The Hall–Kier alpha value is -1.44. The Bertz CT molecular complexity index is 706. The maximum absolute atomic E-state index is 10.5. The van der Waals surface area contributed by atoms with Crippen molar-refractivity contribution in [2.45, 2.75) is 33.4 Å². The number of hydrogen-bond donors (Lipinski definition) is 1. The zero-order chi connectivity index (χ0) is 14.8. The van der Waals surface area contributed by atoms with Gasteiger partial charge < -0.3 is 0 Å². The van der Waals surface area contributed by atoms with Crippen molar-refractivity contribution in [3.63, 3.8) is 0 Å². The average molecular weight is 299 g/mol. The smallest absolute Gasteiger partial charge is 0.264 e. The van der Waals surface area contributed by atoms with Gasteiger partial charge in [0.1, 0.15) is 0 Å². The molecule has 1 N–H and O–H groups in total. The Balaban J connectivity index is 2.20. The molecular formula is C13H19N2O4S+. The summed E-state index contributed by atoms with van der Waals surface area (Å²) >= 11 is 0. The molecule has 20 heavy (non-hydrogen) atoms. The van der Waals surface area contributed by atoms with Crippen LogP contribution in [0.15, 0.2) is 24.3 Å². The van der Waals surface area contributed by atoms with Crippen LogP contribution < -0.4 is 4.57 Å². The number of aryl methyl sites for hydroxylation is 2. The molecule has 0 saturated heterocycles. The molecule has 0 aliphatic heterocycles. The van der Waals surface area contributed by atoms with Crippen molar-refractivity contribution < 1.29 is 21.7 Å². The molecule has 1 aromatic heterocycles. The van der Waals surface area contributed by atoms with Gasteiger partial charge in [0, 0.05) is 13.3 Å². The van der Waals surface area contributed by atoms with Crippen LogP contribution in [0.5, 0.6) is 0 Å². The molecule has 0 bridgehead atoms. The Labute approximate surface area is 118 Å². The lowest BCUT2D eigenvalue weighted by molar-refractivity contribution is -0.678. The number of benzene rings is 1. The van der Waals surface area contributed by atoms with Crippen LogP contribution in [0.25, 0.3) is 11.0 Å². The fraction of sp³-hybridized carbons (Fsp3) is 0.462. The van der Waals surface area contributed by atoms with Crippen LogP contribution in [0.4, 0.5) is 0 Å². The molecule has 0 aliphatic carbocycles. The second kappa shape index (κ2) is 5.90. The first-order valence-corrected chi connectivity index (χ1v) is 7.90. The minimum absolute atomic E-state index is 0.0308. The van der Waals surface area contributed by atoms with Crippen molar-refractivity contribution >= 4 is 21.4 Å². The summed E-state index contributed by atoms with van der Waals surface area (Å²) in [5, 5.41) is 0. The lowest BCUT2D eigenvalue weighted by atomic mass is 10.3. The van der Waals surface area contributed by atoms with E-state index in [1.807, 2.05) is 25.1 Å². The zero-order valence-electron chi connectivity index (χ0n) is 11.6. The number of fused-ring (bicyclic) bond motifs is 1. The Kier molecular flexibility index (Phi) is 4.42. The van der Waals surface area contributed by atoms with Crippen LogP contribution in [0.1, 0.15) is 19.2 Å². The second-order valence-electron chi connectivity index (χ2n) is 4.54. The van der Waals surface area contributed by atoms with E-state index in [1.54, 1.807) is 0 Å². The summed E-state index contributed by atoms with van der Waals surface area (Å²) < 4.78 is 38.2. The summed E-state index contributed by atoms with van der Waals surface area (Å²) in [6.07, 6.45) is 0.503. The molecule has 1 heterocycles. The van der Waals surface area contributed by atoms with Crippen molar-refractivity contribution in [2.24, 2.45) is 0 Å². The van der Waals surface area contributed by atoms with Gasteiger partial charge in [0.15, 0.2) is 11.0 Å². The van der Waals surface area contributed by atoms with Crippen LogP contribution in [0, 0.1) is 6.92 Å².